The summed E-state index contributed by atoms with van der Waals surface area (Å²) in [5.74, 6) is -1.07. The van der Waals surface area contributed by atoms with Crippen molar-refractivity contribution in [3.8, 4) is 28.4 Å². The van der Waals surface area contributed by atoms with Crippen molar-refractivity contribution >= 4 is 33.4 Å². The minimum Gasteiger partial charge on any atom is -0.493 e. The average Bonchev–Trinajstić information content (AvgIpc) is 3.19. The number of aromatic nitrogens is 1. The van der Waals surface area contributed by atoms with E-state index in [1.165, 1.54) is 25.4 Å². The van der Waals surface area contributed by atoms with Crippen molar-refractivity contribution in [2.45, 2.75) is 75.8 Å². The lowest BCUT2D eigenvalue weighted by Crippen LogP contribution is -2.52. The van der Waals surface area contributed by atoms with E-state index in [0.717, 1.165) is 52.8 Å². The topological polar surface area (TPSA) is 205 Å². The van der Waals surface area contributed by atoms with Crippen LogP contribution in [0, 0.1) is 13.8 Å². The van der Waals surface area contributed by atoms with Gasteiger partial charge in [0, 0.05) is 62.0 Å². The molecule has 58 heavy (non-hydrogen) atoms. The Morgan fingerprint density at radius 3 is 2.24 bits per heavy atom. The number of hydrogen-bond acceptors (Lipinski definition) is 12. The average molecular weight is 840 g/mol. The molecular formula is C42H50ClN3O11S. The molecular weight excluding hydrogens is 790 g/mol. The SMILES string of the molecule is Cc1c(COc2cc(OCc3cncc(S(C)(=O)=O)c3)c(CNC(C)(CO)C(=O)O)cc2Cl)cccc1-c1cccc(OCCCN2CCC(O)(C(=O)O)CC2)c1C. The minimum atomic E-state index is -3.51. The van der Waals surface area contributed by atoms with Crippen molar-refractivity contribution in [2.24, 2.45) is 0 Å². The maximum absolute atomic E-state index is 12.1. The van der Waals surface area contributed by atoms with E-state index >= 15 is 0 Å². The fourth-order valence-electron chi connectivity index (χ4n) is 6.54. The molecule has 2 heterocycles. The Labute approximate surface area is 343 Å². The molecule has 1 fully saturated rings. The van der Waals surface area contributed by atoms with E-state index in [2.05, 4.69) is 15.2 Å². The number of likely N-dealkylation sites (tertiary alicyclic amines) is 1. The van der Waals surface area contributed by atoms with E-state index < -0.39 is 39.5 Å². The molecule has 312 valence electrons. The third-order valence-corrected chi connectivity index (χ3v) is 11.9. The fraction of sp³-hybridized carbons (Fsp3) is 0.405. The number of ether oxygens (including phenoxy) is 3. The first-order chi connectivity index (χ1) is 27.4. The lowest BCUT2D eigenvalue weighted by atomic mass is 9.91. The number of piperidine rings is 1. The zero-order valence-electron chi connectivity index (χ0n) is 33.0. The van der Waals surface area contributed by atoms with Crippen LogP contribution < -0.4 is 19.5 Å². The molecule has 1 saturated heterocycles. The number of benzene rings is 3. The first-order valence-electron chi connectivity index (χ1n) is 18.7. The number of aliphatic hydroxyl groups is 2. The second kappa shape index (κ2) is 18.9. The Morgan fingerprint density at radius 2 is 1.59 bits per heavy atom. The molecule has 4 aromatic rings. The summed E-state index contributed by atoms with van der Waals surface area (Å²) in [4.78, 5) is 29.4. The summed E-state index contributed by atoms with van der Waals surface area (Å²) >= 11 is 6.73. The van der Waals surface area contributed by atoms with E-state index in [9.17, 15) is 38.4 Å². The smallest absolute Gasteiger partial charge is 0.335 e. The predicted octanol–water partition coefficient (Wildman–Crippen LogP) is 5.19. The normalized spacial score (nSPS) is 15.4. The van der Waals surface area contributed by atoms with Gasteiger partial charge in [-0.15, -0.1) is 0 Å². The molecule has 1 aliphatic rings. The zero-order chi connectivity index (χ0) is 42.3. The number of nitrogens with zero attached hydrogens (tertiary/aromatic N) is 2. The zero-order valence-corrected chi connectivity index (χ0v) is 34.5. The number of aliphatic hydroxyl groups excluding tert-OH is 1. The van der Waals surface area contributed by atoms with Gasteiger partial charge in [0.25, 0.3) is 0 Å². The Kier molecular flexibility index (Phi) is 14.4. The summed E-state index contributed by atoms with van der Waals surface area (Å²) in [7, 11) is -3.51. The number of carboxylic acids is 2. The third kappa shape index (κ3) is 10.8. The van der Waals surface area contributed by atoms with Crippen LogP contribution in [0.25, 0.3) is 11.1 Å². The Hall–Kier alpha value is -4.77. The van der Waals surface area contributed by atoms with Gasteiger partial charge in [-0.3, -0.25) is 15.1 Å². The van der Waals surface area contributed by atoms with Gasteiger partial charge in [-0.25, -0.2) is 13.2 Å². The van der Waals surface area contributed by atoms with Gasteiger partial charge in [-0.2, -0.15) is 0 Å². The van der Waals surface area contributed by atoms with Crippen molar-refractivity contribution < 1.29 is 52.6 Å². The molecule has 16 heteroatoms. The molecule has 0 radical (unpaired) electrons. The van der Waals surface area contributed by atoms with Crippen LogP contribution in [0.1, 0.15) is 54.0 Å². The molecule has 5 N–H and O–H groups in total. The number of aliphatic carboxylic acids is 2. The van der Waals surface area contributed by atoms with Crippen LogP contribution in [0.2, 0.25) is 5.02 Å². The fourth-order valence-corrected chi connectivity index (χ4v) is 7.39. The maximum Gasteiger partial charge on any atom is 0.335 e. The number of sulfone groups is 1. The molecule has 0 saturated carbocycles. The van der Waals surface area contributed by atoms with Crippen molar-refractivity contribution in [1.82, 2.24) is 15.2 Å². The second-order valence-corrected chi connectivity index (χ2v) is 17.2. The standard InChI is InChI=1S/C42H50ClN3O11S/c1-27-30(8-5-9-33(27)34-10-6-11-36(28(34)2)55-17-7-14-46-15-12-42(52,13-16-46)40(50)51)25-57-38-20-37(56-24-29-18-32(23-44-21-29)58(4,53)54)31(19-35(38)43)22-45-41(3,26-47)39(48)49/h5-6,8-11,18-21,23,45,47,52H,7,12-17,22,24-26H2,1-4H3,(H,48,49)(H,50,51). The third-order valence-electron chi connectivity index (χ3n) is 10.5. The van der Waals surface area contributed by atoms with E-state index in [4.69, 9.17) is 25.8 Å². The highest BCUT2D eigenvalue weighted by atomic mass is 35.5. The van der Waals surface area contributed by atoms with Gasteiger partial charge in [0.1, 0.15) is 36.0 Å². The Bertz CT molecular complexity index is 2230. The monoisotopic (exact) mass is 839 g/mol. The molecule has 0 spiro atoms. The quantitative estimate of drug-likeness (QED) is 0.0772. The molecule has 5 rings (SSSR count). The van der Waals surface area contributed by atoms with Crippen LogP contribution in [0.5, 0.6) is 17.2 Å². The van der Waals surface area contributed by atoms with E-state index in [0.29, 0.717) is 42.3 Å². The predicted molar refractivity (Wildman–Crippen MR) is 217 cm³/mol. The Morgan fingerprint density at radius 1 is 0.914 bits per heavy atom. The van der Waals surface area contributed by atoms with Crippen molar-refractivity contribution in [2.75, 3.05) is 39.1 Å². The molecule has 1 aromatic heterocycles. The van der Waals surface area contributed by atoms with Crippen LogP contribution in [-0.2, 0) is 39.2 Å². The molecule has 1 atom stereocenters. The van der Waals surface area contributed by atoms with Gasteiger partial charge in [0.05, 0.1) is 23.1 Å². The molecule has 1 unspecified atom stereocenters. The van der Waals surface area contributed by atoms with E-state index in [1.54, 1.807) is 12.1 Å². The first kappa shape index (κ1) is 44.3. The summed E-state index contributed by atoms with van der Waals surface area (Å²) in [6.45, 7) is 6.98. The van der Waals surface area contributed by atoms with Gasteiger partial charge in [0.2, 0.25) is 0 Å². The summed E-state index contributed by atoms with van der Waals surface area (Å²) in [6.07, 6.45) is 4.96. The number of nitrogens with one attached hydrogen (secondary N) is 1. The molecule has 1 aliphatic heterocycles. The van der Waals surface area contributed by atoms with Crippen LogP contribution in [0.4, 0.5) is 0 Å². The lowest BCUT2D eigenvalue weighted by molar-refractivity contribution is -0.163. The van der Waals surface area contributed by atoms with E-state index in [-0.39, 0.29) is 42.5 Å². The highest BCUT2D eigenvalue weighted by Crippen LogP contribution is 2.37. The number of rotatable bonds is 19. The van der Waals surface area contributed by atoms with E-state index in [1.807, 2.05) is 50.2 Å². The van der Waals surface area contributed by atoms with Crippen LogP contribution in [0.15, 0.2) is 71.9 Å². The van der Waals surface area contributed by atoms with Gasteiger partial charge in [-0.1, -0.05) is 41.9 Å². The number of carbonyl (C=O) groups is 2. The molecule has 3 aromatic carbocycles. The molecule has 0 bridgehead atoms. The maximum atomic E-state index is 12.1. The molecule has 14 nitrogen and oxygen atoms in total. The highest BCUT2D eigenvalue weighted by molar-refractivity contribution is 7.90. The summed E-state index contributed by atoms with van der Waals surface area (Å²) < 4.78 is 42.8. The number of hydrogen-bond donors (Lipinski definition) is 5. The minimum absolute atomic E-state index is 0.0357. The summed E-state index contributed by atoms with van der Waals surface area (Å²) in [5.41, 5.74) is 2.51. The Balaban J connectivity index is 1.29. The number of halogens is 1. The van der Waals surface area contributed by atoms with Crippen molar-refractivity contribution in [1.29, 1.82) is 0 Å². The second-order valence-electron chi connectivity index (χ2n) is 14.8. The van der Waals surface area contributed by atoms with Crippen molar-refractivity contribution in [3.05, 3.63) is 99.8 Å². The summed E-state index contributed by atoms with van der Waals surface area (Å²) in [6, 6.07) is 16.5. The van der Waals surface area contributed by atoms with Crippen LogP contribution in [0.3, 0.4) is 0 Å². The molecule has 0 amide bonds. The van der Waals surface area contributed by atoms with Crippen molar-refractivity contribution in [3.63, 3.8) is 0 Å². The van der Waals surface area contributed by atoms with Crippen LogP contribution in [-0.4, -0.2) is 101 Å². The van der Waals surface area contributed by atoms with Gasteiger partial charge < -0.3 is 39.5 Å². The lowest BCUT2D eigenvalue weighted by Gasteiger charge is -2.35. The molecule has 0 aliphatic carbocycles. The highest BCUT2D eigenvalue weighted by Gasteiger charge is 2.39. The van der Waals surface area contributed by atoms with Crippen LogP contribution >= 0.6 is 11.6 Å². The number of pyridine rings is 1. The number of carboxylic acid groups (broad SMARTS) is 2. The van der Waals surface area contributed by atoms with Gasteiger partial charge in [-0.05, 0) is 86.1 Å². The van der Waals surface area contributed by atoms with Gasteiger partial charge in [0.15, 0.2) is 15.4 Å². The largest absolute Gasteiger partial charge is 0.493 e. The first-order valence-corrected chi connectivity index (χ1v) is 21.0. The summed E-state index contributed by atoms with van der Waals surface area (Å²) in [5, 5.41) is 42.0. The van der Waals surface area contributed by atoms with Gasteiger partial charge >= 0.3 is 11.9 Å².